The van der Waals surface area contributed by atoms with Gasteiger partial charge < -0.3 is 29.6 Å². The van der Waals surface area contributed by atoms with E-state index in [0.717, 1.165) is 24.7 Å². The average Bonchev–Trinajstić information content (AvgIpc) is 2.02. The molecule has 0 saturated heterocycles. The zero-order valence-electron chi connectivity index (χ0n) is 10.2. The minimum Gasteiger partial charge on any atom is -0.508 e. The van der Waals surface area contributed by atoms with Crippen LogP contribution in [0.2, 0.25) is 0 Å². The summed E-state index contributed by atoms with van der Waals surface area (Å²) < 4.78 is 5.83. The normalized spacial score (nSPS) is 30.8. The second-order valence-corrected chi connectivity index (χ2v) is 5.88. The van der Waals surface area contributed by atoms with Gasteiger partial charge in [-0.15, -0.1) is 0 Å². The predicted molar refractivity (Wildman–Crippen MR) is 66.2 cm³/mol. The second kappa shape index (κ2) is 6.75. The van der Waals surface area contributed by atoms with Crippen LogP contribution in [0.1, 0.15) is 46.5 Å². The molecule has 1 aliphatic carbocycles. The van der Waals surface area contributed by atoms with Gasteiger partial charge in [0.2, 0.25) is 0 Å². The molecule has 1 aliphatic rings. The van der Waals surface area contributed by atoms with Crippen molar-refractivity contribution in [3.63, 3.8) is 0 Å². The summed E-state index contributed by atoms with van der Waals surface area (Å²) in [5.74, 6) is 1.64. The van der Waals surface area contributed by atoms with Gasteiger partial charge in [0.05, 0.1) is 0 Å². The Labute approximate surface area is 126 Å². The Morgan fingerprint density at radius 3 is 2.20 bits per heavy atom. The van der Waals surface area contributed by atoms with E-state index in [2.05, 4.69) is 20.8 Å². The molecule has 0 spiro atoms. The van der Waals surface area contributed by atoms with Crippen LogP contribution >= 0.6 is 12.2 Å². The fraction of sp³-hybridized carbons (Fsp3) is 0.909. The van der Waals surface area contributed by atoms with E-state index in [1.807, 2.05) is 0 Å². The number of ether oxygens (including phenoxy) is 1. The van der Waals surface area contributed by atoms with Crippen LogP contribution < -0.4 is 29.6 Å². The molecule has 1 nitrogen and oxygen atoms in total. The summed E-state index contributed by atoms with van der Waals surface area (Å²) in [6, 6.07) is 0. The van der Waals surface area contributed by atoms with E-state index >= 15 is 0 Å². The van der Waals surface area contributed by atoms with Gasteiger partial charge in [-0.3, -0.25) is 0 Å². The molecular weight excluding hydrogens is 235 g/mol. The summed E-state index contributed by atoms with van der Waals surface area (Å²) in [4.78, 5) is 0. The molecule has 0 unspecified atom stereocenters. The fourth-order valence-electron chi connectivity index (χ4n) is 2.22. The van der Waals surface area contributed by atoms with Crippen LogP contribution in [-0.4, -0.2) is 9.98 Å². The molecule has 82 valence electrons. The molecule has 1 saturated carbocycles. The average molecular weight is 254 g/mol. The van der Waals surface area contributed by atoms with Crippen LogP contribution in [0, 0.1) is 11.8 Å². The van der Waals surface area contributed by atoms with E-state index < -0.39 is 0 Å². The van der Waals surface area contributed by atoms with Gasteiger partial charge in [0, 0.05) is 4.38 Å². The van der Waals surface area contributed by atoms with Crippen molar-refractivity contribution < 1.29 is 34.3 Å². The molecule has 0 bridgehead atoms. The molecule has 0 aromatic rings. The molecule has 15 heavy (non-hydrogen) atoms. The summed E-state index contributed by atoms with van der Waals surface area (Å²) in [6.07, 6.45) is 4.66. The van der Waals surface area contributed by atoms with Crippen molar-refractivity contribution in [3.05, 3.63) is 0 Å². The predicted octanol–water partition coefficient (Wildman–Crippen LogP) is 0.444. The van der Waals surface area contributed by atoms with Crippen molar-refractivity contribution in [2.24, 2.45) is 11.8 Å². The van der Waals surface area contributed by atoms with E-state index in [4.69, 9.17) is 29.6 Å². The minimum absolute atomic E-state index is 0. The molecule has 0 aliphatic heterocycles. The van der Waals surface area contributed by atoms with Gasteiger partial charge in [0.15, 0.2) is 0 Å². The number of rotatable bonds is 2. The monoisotopic (exact) mass is 254 g/mol. The Morgan fingerprint density at radius 2 is 1.87 bits per heavy atom. The molecule has 0 atom stereocenters. The molecule has 0 aromatic carbocycles. The Hall–Kier alpha value is 1.11. The smallest absolute Gasteiger partial charge is 0.508 e. The Bertz CT molecular complexity index is 211. The van der Waals surface area contributed by atoms with E-state index in [1.165, 1.54) is 12.8 Å². The van der Waals surface area contributed by atoms with Crippen molar-refractivity contribution in [1.29, 1.82) is 0 Å². The van der Waals surface area contributed by atoms with Gasteiger partial charge in [-0.05, 0) is 44.4 Å². The first-order valence-electron chi connectivity index (χ1n) is 5.33. The third-order valence-corrected chi connectivity index (χ3v) is 3.53. The van der Waals surface area contributed by atoms with Crippen LogP contribution in [0.15, 0.2) is 0 Å². The number of hydrogen-bond donors (Lipinski definition) is 0. The molecule has 4 heteroatoms. The van der Waals surface area contributed by atoms with Gasteiger partial charge in [-0.1, -0.05) is 13.8 Å². The summed E-state index contributed by atoms with van der Waals surface area (Å²) in [7, 11) is 0. The SMILES string of the molecule is CC(C)C1CCC(C)(OC(=S)[S-])CC1.[Na+]. The Morgan fingerprint density at radius 1 is 1.40 bits per heavy atom. The second-order valence-electron chi connectivity index (χ2n) is 4.88. The standard InChI is InChI=1S/C11H20OS2.Na/c1-8(2)9-4-6-11(3,7-5-9)12-10(13)14;/h8-9H,4-7H2,1-3H3,(H,13,14);/q;+1/p-1. The third-order valence-electron chi connectivity index (χ3n) is 3.36. The van der Waals surface area contributed by atoms with E-state index in [0.29, 0.717) is 0 Å². The first-order valence-corrected chi connectivity index (χ1v) is 6.14. The van der Waals surface area contributed by atoms with Gasteiger partial charge in [0.1, 0.15) is 5.60 Å². The first kappa shape index (κ1) is 16.1. The number of thiocarbonyl (C=S) groups is 1. The zero-order valence-corrected chi connectivity index (χ0v) is 13.8. The first-order chi connectivity index (χ1) is 6.43. The van der Waals surface area contributed by atoms with Crippen molar-refractivity contribution >= 4 is 29.2 Å². The van der Waals surface area contributed by atoms with Gasteiger partial charge in [-0.2, -0.15) is 0 Å². The van der Waals surface area contributed by atoms with Gasteiger partial charge >= 0.3 is 29.6 Å². The largest absolute Gasteiger partial charge is 1.00 e. The Balaban J connectivity index is 0.00000196. The topological polar surface area (TPSA) is 9.23 Å². The maximum atomic E-state index is 5.55. The van der Waals surface area contributed by atoms with Crippen LogP contribution in [0.4, 0.5) is 0 Å². The van der Waals surface area contributed by atoms with Gasteiger partial charge in [0.25, 0.3) is 0 Å². The zero-order chi connectivity index (χ0) is 10.8. The van der Waals surface area contributed by atoms with E-state index in [9.17, 15) is 0 Å². The van der Waals surface area contributed by atoms with Crippen molar-refractivity contribution in [1.82, 2.24) is 0 Å². The molecule has 0 aromatic heterocycles. The molecule has 1 rings (SSSR count). The van der Waals surface area contributed by atoms with Crippen LogP contribution in [0.3, 0.4) is 0 Å². The summed E-state index contributed by atoms with van der Waals surface area (Å²) in [6.45, 7) is 6.72. The van der Waals surface area contributed by atoms with Gasteiger partial charge in [-0.25, -0.2) is 0 Å². The molecule has 0 amide bonds. The van der Waals surface area contributed by atoms with Crippen LogP contribution in [-0.2, 0) is 17.4 Å². The molecule has 0 radical (unpaired) electrons. The maximum Gasteiger partial charge on any atom is 1.00 e. The summed E-state index contributed by atoms with van der Waals surface area (Å²) in [5, 5.41) is 0. The quantitative estimate of drug-likeness (QED) is 0.402. The fourth-order valence-corrected chi connectivity index (χ4v) is 2.62. The molecule has 0 N–H and O–H groups in total. The molecule has 0 heterocycles. The third kappa shape index (κ3) is 5.31. The van der Waals surface area contributed by atoms with Crippen molar-refractivity contribution in [3.8, 4) is 0 Å². The van der Waals surface area contributed by atoms with Crippen LogP contribution in [0.25, 0.3) is 0 Å². The van der Waals surface area contributed by atoms with E-state index in [1.54, 1.807) is 0 Å². The Kier molecular flexibility index (Phi) is 7.25. The van der Waals surface area contributed by atoms with Crippen LogP contribution in [0.5, 0.6) is 0 Å². The molecule has 1 fully saturated rings. The maximum absolute atomic E-state index is 5.55. The summed E-state index contributed by atoms with van der Waals surface area (Å²) in [5.41, 5.74) is -0.0791. The van der Waals surface area contributed by atoms with E-state index in [-0.39, 0.29) is 39.5 Å². The van der Waals surface area contributed by atoms with Crippen molar-refractivity contribution in [2.75, 3.05) is 0 Å². The number of hydrogen-bond acceptors (Lipinski definition) is 3. The molecular formula is C11H19NaOS2. The minimum atomic E-state index is -0.0791. The van der Waals surface area contributed by atoms with Crippen molar-refractivity contribution in [2.45, 2.75) is 52.1 Å². The summed E-state index contributed by atoms with van der Waals surface area (Å²) >= 11 is 9.64.